The van der Waals surface area contributed by atoms with Gasteiger partial charge in [0.25, 0.3) is 0 Å². The van der Waals surface area contributed by atoms with Gasteiger partial charge in [-0.1, -0.05) is 18.2 Å². The van der Waals surface area contributed by atoms with Gasteiger partial charge in [0.05, 0.1) is 5.56 Å². The zero-order chi connectivity index (χ0) is 15.1. The highest BCUT2D eigenvalue weighted by atomic mass is 19.4. The van der Waals surface area contributed by atoms with E-state index in [1.807, 2.05) is 0 Å². The molecule has 0 radical (unpaired) electrons. The normalized spacial score (nSPS) is 24.1. The van der Waals surface area contributed by atoms with Crippen molar-refractivity contribution >= 4 is 6.41 Å². The van der Waals surface area contributed by atoms with E-state index >= 15 is 0 Å². The third-order valence-corrected chi connectivity index (χ3v) is 4.81. The highest BCUT2D eigenvalue weighted by Crippen LogP contribution is 2.48. The molecule has 1 saturated carbocycles. The summed E-state index contributed by atoms with van der Waals surface area (Å²) in [5.74, 6) is 0.433. The molecule has 114 valence electrons. The van der Waals surface area contributed by atoms with E-state index in [2.05, 4.69) is 0 Å². The van der Waals surface area contributed by atoms with Crippen LogP contribution in [0.3, 0.4) is 0 Å². The van der Waals surface area contributed by atoms with Crippen LogP contribution in [0.4, 0.5) is 13.2 Å². The lowest BCUT2D eigenvalue weighted by atomic mass is 9.77. The highest BCUT2D eigenvalue weighted by molar-refractivity contribution is 5.49. The highest BCUT2D eigenvalue weighted by Gasteiger charge is 2.47. The summed E-state index contributed by atoms with van der Waals surface area (Å²) in [5.41, 5.74) is 0.439. The Hall–Kier alpha value is -1.52. The second kappa shape index (κ2) is 5.04. The van der Waals surface area contributed by atoms with Gasteiger partial charge in [-0.15, -0.1) is 0 Å². The number of likely N-dealkylation sites (tertiary alicyclic amines) is 1. The maximum atomic E-state index is 12.7. The van der Waals surface area contributed by atoms with E-state index in [1.165, 1.54) is 12.1 Å². The number of alkyl halides is 3. The van der Waals surface area contributed by atoms with Gasteiger partial charge in [-0.05, 0) is 43.2 Å². The summed E-state index contributed by atoms with van der Waals surface area (Å²) in [6, 6.07) is 5.65. The van der Waals surface area contributed by atoms with E-state index in [1.54, 1.807) is 11.0 Å². The summed E-state index contributed by atoms with van der Waals surface area (Å²) in [7, 11) is 0. The third-order valence-electron chi connectivity index (χ3n) is 4.81. The lowest BCUT2D eigenvalue weighted by Gasteiger charge is -2.46. The van der Waals surface area contributed by atoms with Gasteiger partial charge < -0.3 is 4.90 Å². The molecule has 1 aromatic rings. The Bertz CT molecular complexity index is 535. The molecule has 2 aliphatic rings. The van der Waals surface area contributed by atoms with Crippen LogP contribution in [0.2, 0.25) is 0 Å². The number of carbonyl (C=O) groups is 1. The molecule has 1 spiro atoms. The number of benzene rings is 1. The van der Waals surface area contributed by atoms with Crippen LogP contribution in [0.5, 0.6) is 0 Å². The van der Waals surface area contributed by atoms with Crippen molar-refractivity contribution in [3.8, 4) is 0 Å². The minimum Gasteiger partial charge on any atom is -0.344 e. The van der Waals surface area contributed by atoms with Gasteiger partial charge in [-0.3, -0.25) is 4.79 Å². The molecule has 1 aliphatic carbocycles. The zero-order valence-electron chi connectivity index (χ0n) is 11.7. The van der Waals surface area contributed by atoms with Crippen LogP contribution in [0.25, 0.3) is 0 Å². The van der Waals surface area contributed by atoms with Gasteiger partial charge in [-0.2, -0.15) is 13.2 Å². The number of amides is 1. The van der Waals surface area contributed by atoms with Crippen LogP contribution in [-0.4, -0.2) is 24.4 Å². The van der Waals surface area contributed by atoms with Crippen molar-refractivity contribution in [2.24, 2.45) is 11.3 Å². The second-order valence-corrected chi connectivity index (χ2v) is 6.52. The Morgan fingerprint density at radius 3 is 2.76 bits per heavy atom. The summed E-state index contributed by atoms with van der Waals surface area (Å²) in [5, 5.41) is 0. The lowest BCUT2D eigenvalue weighted by Crippen LogP contribution is -2.54. The smallest absolute Gasteiger partial charge is 0.344 e. The molecule has 2 nitrogen and oxygen atoms in total. The van der Waals surface area contributed by atoms with Crippen molar-refractivity contribution in [3.05, 3.63) is 35.4 Å². The van der Waals surface area contributed by atoms with E-state index in [9.17, 15) is 18.0 Å². The summed E-state index contributed by atoms with van der Waals surface area (Å²) >= 11 is 0. The monoisotopic (exact) mass is 297 g/mol. The van der Waals surface area contributed by atoms with Gasteiger partial charge in [0.15, 0.2) is 0 Å². The molecule has 1 heterocycles. The van der Waals surface area contributed by atoms with Gasteiger partial charge in [0.2, 0.25) is 6.41 Å². The van der Waals surface area contributed by atoms with Crippen molar-refractivity contribution in [1.82, 2.24) is 4.90 Å². The van der Waals surface area contributed by atoms with E-state index in [0.29, 0.717) is 12.3 Å². The SMILES string of the molecule is O=CN1CC2(CCC(Cc3cccc(C(F)(F)F)c3)C2)C1. The molecule has 2 fully saturated rings. The van der Waals surface area contributed by atoms with E-state index in [4.69, 9.17) is 0 Å². The Balaban J connectivity index is 1.62. The molecule has 1 unspecified atom stereocenters. The first-order valence-corrected chi connectivity index (χ1v) is 7.26. The minimum absolute atomic E-state index is 0.243. The van der Waals surface area contributed by atoms with E-state index < -0.39 is 11.7 Å². The molecule has 21 heavy (non-hydrogen) atoms. The van der Waals surface area contributed by atoms with Crippen LogP contribution in [0, 0.1) is 11.3 Å². The Morgan fingerprint density at radius 2 is 2.10 bits per heavy atom. The second-order valence-electron chi connectivity index (χ2n) is 6.52. The predicted octanol–water partition coefficient (Wildman–Crippen LogP) is 3.51. The van der Waals surface area contributed by atoms with Crippen LogP contribution >= 0.6 is 0 Å². The average molecular weight is 297 g/mol. The molecule has 0 aromatic heterocycles. The first-order chi connectivity index (χ1) is 9.90. The van der Waals surface area contributed by atoms with Crippen LogP contribution in [-0.2, 0) is 17.4 Å². The Morgan fingerprint density at radius 1 is 1.33 bits per heavy atom. The fourth-order valence-electron chi connectivity index (χ4n) is 3.89. The summed E-state index contributed by atoms with van der Waals surface area (Å²) in [4.78, 5) is 12.4. The Kier molecular flexibility index (Phi) is 3.46. The summed E-state index contributed by atoms with van der Waals surface area (Å²) in [6.07, 6.45) is 0.459. The van der Waals surface area contributed by atoms with Gasteiger partial charge in [-0.25, -0.2) is 0 Å². The lowest BCUT2D eigenvalue weighted by molar-refractivity contribution is -0.137. The van der Waals surface area contributed by atoms with Crippen molar-refractivity contribution < 1.29 is 18.0 Å². The van der Waals surface area contributed by atoms with Crippen molar-refractivity contribution in [2.45, 2.75) is 31.9 Å². The average Bonchev–Trinajstić information content (AvgIpc) is 2.80. The number of hydrogen-bond acceptors (Lipinski definition) is 1. The summed E-state index contributed by atoms with van der Waals surface area (Å²) < 4.78 is 38.1. The molecular formula is C16H18F3NO. The summed E-state index contributed by atoms with van der Waals surface area (Å²) in [6.45, 7) is 1.63. The standard InChI is InChI=1S/C16H18F3NO/c17-16(18,19)14-3-1-2-12(7-14)6-13-4-5-15(8-13)9-20(10-15)11-21/h1-3,7,11,13H,4-6,8-10H2. The van der Waals surface area contributed by atoms with Gasteiger partial charge in [0.1, 0.15) is 0 Å². The Labute approximate surface area is 121 Å². The first kappa shape index (κ1) is 14.4. The van der Waals surface area contributed by atoms with Crippen molar-refractivity contribution in [2.75, 3.05) is 13.1 Å². The van der Waals surface area contributed by atoms with Crippen LogP contribution < -0.4 is 0 Å². The van der Waals surface area contributed by atoms with Gasteiger partial charge >= 0.3 is 6.18 Å². The molecule has 5 heteroatoms. The topological polar surface area (TPSA) is 20.3 Å². The fraction of sp³-hybridized carbons (Fsp3) is 0.562. The maximum absolute atomic E-state index is 12.7. The first-order valence-electron chi connectivity index (χ1n) is 7.26. The molecular weight excluding hydrogens is 279 g/mol. The maximum Gasteiger partial charge on any atom is 0.416 e. The number of hydrogen-bond donors (Lipinski definition) is 0. The molecule has 1 atom stereocenters. The van der Waals surface area contributed by atoms with Crippen molar-refractivity contribution in [3.63, 3.8) is 0 Å². The van der Waals surface area contributed by atoms with Crippen LogP contribution in [0.1, 0.15) is 30.4 Å². The molecule has 3 rings (SSSR count). The number of halogens is 3. The zero-order valence-corrected chi connectivity index (χ0v) is 11.7. The third kappa shape index (κ3) is 2.92. The predicted molar refractivity (Wildman–Crippen MR) is 72.6 cm³/mol. The van der Waals surface area contributed by atoms with Gasteiger partial charge in [0, 0.05) is 18.5 Å². The molecule has 1 saturated heterocycles. The number of carbonyl (C=O) groups excluding carboxylic acids is 1. The minimum atomic E-state index is -4.27. The van der Waals surface area contributed by atoms with E-state index in [0.717, 1.165) is 50.4 Å². The fourth-order valence-corrected chi connectivity index (χ4v) is 3.89. The largest absolute Gasteiger partial charge is 0.416 e. The number of nitrogens with zero attached hydrogens (tertiary/aromatic N) is 1. The molecule has 1 aliphatic heterocycles. The molecule has 0 bridgehead atoms. The van der Waals surface area contributed by atoms with Crippen LogP contribution in [0.15, 0.2) is 24.3 Å². The molecule has 0 N–H and O–H groups in total. The molecule has 1 aromatic carbocycles. The van der Waals surface area contributed by atoms with E-state index in [-0.39, 0.29) is 5.41 Å². The van der Waals surface area contributed by atoms with Crippen molar-refractivity contribution in [1.29, 1.82) is 0 Å². The molecule has 1 amide bonds. The quantitative estimate of drug-likeness (QED) is 0.782. The number of rotatable bonds is 3.